The summed E-state index contributed by atoms with van der Waals surface area (Å²) in [6.07, 6.45) is 24.7. The van der Waals surface area contributed by atoms with Crippen LogP contribution in [-0.4, -0.2) is 114 Å². The van der Waals surface area contributed by atoms with E-state index in [-0.39, 0.29) is 0 Å². The highest BCUT2D eigenvalue weighted by Crippen LogP contribution is 2.34. The molecule has 17 aromatic heterocycles. The van der Waals surface area contributed by atoms with E-state index in [1.165, 1.54) is 0 Å². The number of pyridine rings is 11. The van der Waals surface area contributed by atoms with E-state index < -0.39 is 0 Å². The van der Waals surface area contributed by atoms with E-state index in [0.717, 1.165) is 127 Å². The van der Waals surface area contributed by atoms with Gasteiger partial charge in [0.1, 0.15) is 17.1 Å². The van der Waals surface area contributed by atoms with Crippen molar-refractivity contribution in [2.24, 2.45) is 0 Å². The van der Waals surface area contributed by atoms with Crippen molar-refractivity contribution in [3.63, 3.8) is 0 Å². The zero-order chi connectivity index (χ0) is 77.8. The van der Waals surface area contributed by atoms with Crippen molar-refractivity contribution in [3.8, 4) is 148 Å². The third-order valence-electron chi connectivity index (χ3n) is 19.7. The lowest BCUT2D eigenvalue weighted by atomic mass is 10.0. The highest BCUT2D eigenvalue weighted by Gasteiger charge is 2.21. The van der Waals surface area contributed by atoms with Gasteiger partial charge in [-0.2, -0.15) is 15.3 Å². The van der Waals surface area contributed by atoms with E-state index in [1.807, 2.05) is 208 Å². The molecule has 0 aliphatic rings. The smallest absolute Gasteiger partial charge is 0.184 e. The largest absolute Gasteiger partial charge is 0.265 e. The van der Waals surface area contributed by atoms with E-state index in [4.69, 9.17) is 55.2 Å². The first-order valence-corrected chi connectivity index (χ1v) is 37.4. The van der Waals surface area contributed by atoms with Crippen LogP contribution in [0.5, 0.6) is 0 Å². The van der Waals surface area contributed by atoms with Gasteiger partial charge in [0.25, 0.3) is 0 Å². The molecule has 0 saturated carbocycles. The maximum Gasteiger partial charge on any atom is 0.184 e. The Morgan fingerprint density at radius 2 is 0.444 bits per heavy atom. The topological polar surface area (TPSA) is 271 Å². The minimum absolute atomic E-state index is 0.459. The van der Waals surface area contributed by atoms with Crippen LogP contribution in [0.25, 0.3) is 197 Å². The lowest BCUT2D eigenvalue weighted by molar-refractivity contribution is 0.983. The van der Waals surface area contributed by atoms with Gasteiger partial charge < -0.3 is 0 Å². The second kappa shape index (κ2) is 30.8. The molecular formula is C94H59N23. The van der Waals surface area contributed by atoms with Gasteiger partial charge in [0.2, 0.25) is 0 Å². The average molecular weight is 1510 g/mol. The van der Waals surface area contributed by atoms with Crippen LogP contribution in [0.1, 0.15) is 0 Å². The lowest BCUT2D eigenvalue weighted by Crippen LogP contribution is -2.01. The molecule has 0 saturated heterocycles. The maximum absolute atomic E-state index is 4.94. The van der Waals surface area contributed by atoms with Crippen molar-refractivity contribution in [2.75, 3.05) is 0 Å². The van der Waals surface area contributed by atoms with Gasteiger partial charge in [-0.3, -0.25) is 39.9 Å². The number of nitrogens with zero attached hydrogens (tertiary/aromatic N) is 23. The van der Waals surface area contributed by atoms with Gasteiger partial charge in [-0.05, 0) is 174 Å². The van der Waals surface area contributed by atoms with Gasteiger partial charge in [0, 0.05) is 147 Å². The minimum atomic E-state index is 0.459. The van der Waals surface area contributed by atoms with Crippen LogP contribution >= 0.6 is 0 Å². The Hall–Kier alpha value is -16.8. The molecule has 0 spiro atoms. The second-order valence-electron chi connectivity index (χ2n) is 27.2. The quantitative estimate of drug-likeness (QED) is 0.104. The Labute approximate surface area is 666 Å². The molecule has 0 radical (unpaired) electrons. The minimum Gasteiger partial charge on any atom is -0.265 e. The summed E-state index contributed by atoms with van der Waals surface area (Å²) < 4.78 is 5.78. The molecule has 17 heterocycles. The Bertz CT molecular complexity index is 6750. The standard InChI is InChI=1S/C36H23N7.C34H21N9.C24H15N7/c1-2-4-33-28(3-1)13-14-31-23-32(42-43(31)33)36-40-34(29-9-5-24(6-10-29)26-15-19-37-20-16-26)39-35(41-36)30-11-7-25(8-12-30)27-17-21-38-22-18-27;1-2-8-31-22(5-1)9-12-27-17-30(42-43(27)31)34-40-32(25-10-13-28(37-20-25)23-6-3-15-35-18-23)39-33(41-34)26-11-14-29(38-21-26)24-7-4-16-36-19-24;1-2-8-21-16(5-1)9-10-19-13-20(30-31(19)21)24-28-22(17-6-3-11-25-14-17)27-23(29-24)18-7-4-12-26-15-18/h1-23H;1-21H;1-15H. The van der Waals surface area contributed by atoms with Crippen molar-refractivity contribution < 1.29 is 0 Å². The van der Waals surface area contributed by atoms with Crippen LogP contribution in [0.15, 0.2) is 360 Å². The fourth-order valence-electron chi connectivity index (χ4n) is 13.8. The van der Waals surface area contributed by atoms with E-state index in [0.29, 0.717) is 69.5 Å². The third-order valence-corrected chi connectivity index (χ3v) is 19.7. The van der Waals surface area contributed by atoms with Crippen molar-refractivity contribution in [1.29, 1.82) is 0 Å². The summed E-state index contributed by atoms with van der Waals surface area (Å²) in [7, 11) is 0. The number of hydrogen-bond donors (Lipinski definition) is 0. The monoisotopic (exact) mass is 1510 g/mol. The van der Waals surface area contributed by atoms with Gasteiger partial charge in [-0.25, -0.2) is 58.4 Å². The Balaban J connectivity index is 0.000000115. The van der Waals surface area contributed by atoms with Crippen LogP contribution in [-0.2, 0) is 0 Å². The first-order valence-electron chi connectivity index (χ1n) is 37.4. The van der Waals surface area contributed by atoms with Crippen molar-refractivity contribution >= 4 is 49.3 Å². The predicted molar refractivity (Wildman–Crippen MR) is 451 cm³/mol. The summed E-state index contributed by atoms with van der Waals surface area (Å²) in [6.45, 7) is 0. The molecule has 117 heavy (non-hydrogen) atoms. The molecule has 0 atom stereocenters. The molecule has 0 aliphatic carbocycles. The summed E-state index contributed by atoms with van der Waals surface area (Å²) in [6, 6.07) is 90.5. The van der Waals surface area contributed by atoms with E-state index in [2.05, 4.69) is 124 Å². The number of fused-ring (bicyclic) bond motifs is 9. The molecule has 0 aliphatic heterocycles. The molecule has 5 aromatic carbocycles. The molecule has 0 unspecified atom stereocenters. The van der Waals surface area contributed by atoms with Crippen molar-refractivity contribution in [1.82, 2.24) is 114 Å². The van der Waals surface area contributed by atoms with Gasteiger partial charge >= 0.3 is 0 Å². The normalized spacial score (nSPS) is 11.2. The zero-order valence-corrected chi connectivity index (χ0v) is 61.8. The Kier molecular flexibility index (Phi) is 18.3. The average Bonchev–Trinajstić information content (AvgIpc) is 1.62. The number of aromatic nitrogens is 23. The SMILES string of the molecule is c1ccc2c(c1)ccc1cc(-c3nc(-c4ccc(-c5ccncc5)cc4)nc(-c4ccc(-c5ccncc5)cc4)n3)nn12.c1cncc(-c2ccc(-c3nc(-c4ccc(-c5cccnc5)nc4)nc(-c4cc5ccc6ccccc6n5n4)n3)cn2)c1.c1cncc(-c2nc(-c3cccnc3)nc(-c3cc4ccc5ccccc5n4n3)n2)c1. The molecule has 22 aromatic rings. The molecule has 23 heteroatoms. The summed E-state index contributed by atoms with van der Waals surface area (Å²) in [5, 5.41) is 18.0. The summed E-state index contributed by atoms with van der Waals surface area (Å²) in [5.41, 5.74) is 20.8. The molecule has 0 N–H and O–H groups in total. The number of hydrogen-bond acceptors (Lipinski definition) is 20. The van der Waals surface area contributed by atoms with Crippen molar-refractivity contribution in [3.05, 3.63) is 360 Å². The Morgan fingerprint density at radius 1 is 0.171 bits per heavy atom. The predicted octanol–water partition coefficient (Wildman–Crippen LogP) is 18.8. The first kappa shape index (κ1) is 69.4. The molecule has 0 fully saturated rings. The number of para-hydroxylation sites is 3. The van der Waals surface area contributed by atoms with Crippen LogP contribution in [0.2, 0.25) is 0 Å². The fraction of sp³-hybridized carbons (Fsp3) is 0. The molecular weight excluding hydrogens is 1450 g/mol. The van der Waals surface area contributed by atoms with E-state index >= 15 is 0 Å². The molecule has 23 nitrogen and oxygen atoms in total. The summed E-state index contributed by atoms with van der Waals surface area (Å²) >= 11 is 0. The van der Waals surface area contributed by atoms with Crippen LogP contribution in [0.4, 0.5) is 0 Å². The van der Waals surface area contributed by atoms with Gasteiger partial charge in [-0.15, -0.1) is 0 Å². The highest BCUT2D eigenvalue weighted by molar-refractivity contribution is 5.87. The first-order chi connectivity index (χ1) is 57.9. The van der Waals surface area contributed by atoms with Crippen molar-refractivity contribution in [2.45, 2.75) is 0 Å². The molecule has 0 bridgehead atoms. The van der Waals surface area contributed by atoms with E-state index in [9.17, 15) is 0 Å². The summed E-state index contributed by atoms with van der Waals surface area (Å²) in [4.78, 5) is 77.9. The zero-order valence-electron chi connectivity index (χ0n) is 61.8. The third kappa shape index (κ3) is 14.4. The number of benzene rings is 5. The van der Waals surface area contributed by atoms with Gasteiger partial charge in [-0.1, -0.05) is 121 Å². The fourth-order valence-corrected chi connectivity index (χ4v) is 13.8. The Morgan fingerprint density at radius 3 is 0.752 bits per heavy atom. The molecule has 22 rings (SSSR count). The van der Waals surface area contributed by atoms with E-state index in [1.54, 1.807) is 86.8 Å². The van der Waals surface area contributed by atoms with Crippen LogP contribution in [0.3, 0.4) is 0 Å². The number of rotatable bonds is 13. The second-order valence-corrected chi connectivity index (χ2v) is 27.2. The van der Waals surface area contributed by atoms with Gasteiger partial charge in [0.15, 0.2) is 52.4 Å². The van der Waals surface area contributed by atoms with Gasteiger partial charge in [0.05, 0.1) is 44.5 Å². The highest BCUT2D eigenvalue weighted by atomic mass is 15.3. The molecule has 0 amide bonds. The van der Waals surface area contributed by atoms with Crippen LogP contribution in [0, 0.1) is 0 Å². The van der Waals surface area contributed by atoms with Crippen LogP contribution < -0.4 is 0 Å². The lowest BCUT2D eigenvalue weighted by Gasteiger charge is -2.09. The summed E-state index contributed by atoms with van der Waals surface area (Å²) in [5.74, 6) is 4.71. The maximum atomic E-state index is 4.94. The molecule has 550 valence electrons.